The van der Waals surface area contributed by atoms with Crippen LogP contribution in [0.3, 0.4) is 0 Å². The zero-order valence-corrected chi connectivity index (χ0v) is 19.1. The van der Waals surface area contributed by atoms with Crippen LogP contribution in [0.15, 0.2) is 84.9 Å². The van der Waals surface area contributed by atoms with Crippen LogP contribution in [-0.4, -0.2) is 30.3 Å². The summed E-state index contributed by atoms with van der Waals surface area (Å²) in [6, 6.07) is 28.1. The monoisotopic (exact) mass is 459 g/mol. The first-order chi connectivity index (χ1) is 16.6. The van der Waals surface area contributed by atoms with Crippen molar-refractivity contribution in [2.24, 2.45) is 11.3 Å². The molecule has 0 radical (unpaired) electrons. The van der Waals surface area contributed by atoms with E-state index >= 15 is 0 Å². The maximum absolute atomic E-state index is 12.6. The van der Waals surface area contributed by atoms with Crippen LogP contribution in [-0.2, 0) is 20.7 Å². The molecule has 6 nitrogen and oxygen atoms in total. The fourth-order valence-corrected chi connectivity index (χ4v) is 4.50. The predicted octanol–water partition coefficient (Wildman–Crippen LogP) is 4.51. The number of rotatable bonds is 10. The Morgan fingerprint density at radius 2 is 1.56 bits per heavy atom. The first-order valence-corrected chi connectivity index (χ1v) is 11.5. The first-order valence-electron chi connectivity index (χ1n) is 11.5. The second-order valence-corrected chi connectivity index (χ2v) is 8.62. The fraction of sp³-hybridized carbons (Fsp3) is 0.286. The molecule has 1 unspecified atom stereocenters. The number of nitrogens with one attached hydrogen (secondary N) is 1. The largest absolute Gasteiger partial charge is 0.493 e. The van der Waals surface area contributed by atoms with E-state index in [-0.39, 0.29) is 12.5 Å². The lowest BCUT2D eigenvalue weighted by molar-refractivity contribution is -0.152. The maximum atomic E-state index is 12.6. The van der Waals surface area contributed by atoms with Gasteiger partial charge in [0.15, 0.2) is 0 Å². The third-order valence-corrected chi connectivity index (χ3v) is 6.45. The van der Waals surface area contributed by atoms with Crippen LogP contribution in [0.2, 0.25) is 0 Å². The molecule has 0 bridgehead atoms. The molecule has 0 saturated heterocycles. The Kier molecular flexibility index (Phi) is 7.28. The molecular formula is C28H29NO5. The van der Waals surface area contributed by atoms with Crippen LogP contribution in [0, 0.1) is 11.3 Å². The van der Waals surface area contributed by atoms with Crippen LogP contribution >= 0.6 is 0 Å². The van der Waals surface area contributed by atoms with Crippen molar-refractivity contribution in [3.63, 3.8) is 0 Å². The highest BCUT2D eigenvalue weighted by Crippen LogP contribution is 2.56. The SMILES string of the molecule is CCOC(=O)[C@@]1(Cc2ccc(OCC(c3ccccc3)c3ccccc3)cc2)CC1C(=O)NO. The molecule has 2 N–H and O–H groups in total. The zero-order chi connectivity index (χ0) is 24.0. The molecule has 1 aliphatic carbocycles. The molecule has 6 heteroatoms. The van der Waals surface area contributed by atoms with Gasteiger partial charge in [-0.3, -0.25) is 14.8 Å². The molecule has 1 aliphatic rings. The van der Waals surface area contributed by atoms with Gasteiger partial charge in [-0.25, -0.2) is 5.48 Å². The number of esters is 1. The summed E-state index contributed by atoms with van der Waals surface area (Å²) in [7, 11) is 0. The molecule has 0 spiro atoms. The number of carbonyl (C=O) groups is 2. The van der Waals surface area contributed by atoms with E-state index in [1.807, 2.05) is 60.7 Å². The van der Waals surface area contributed by atoms with Crippen molar-refractivity contribution in [3.8, 4) is 5.75 Å². The van der Waals surface area contributed by atoms with E-state index in [9.17, 15) is 9.59 Å². The van der Waals surface area contributed by atoms with Crippen molar-refractivity contribution in [1.82, 2.24) is 5.48 Å². The van der Waals surface area contributed by atoms with Crippen LogP contribution < -0.4 is 10.2 Å². The van der Waals surface area contributed by atoms with Gasteiger partial charge in [0.05, 0.1) is 24.5 Å². The number of hydroxylamine groups is 1. The molecule has 176 valence electrons. The highest BCUT2D eigenvalue weighted by molar-refractivity contribution is 5.93. The third kappa shape index (κ3) is 5.13. The number of hydrogen-bond acceptors (Lipinski definition) is 5. The number of amides is 1. The van der Waals surface area contributed by atoms with Crippen LogP contribution in [0.1, 0.15) is 36.0 Å². The number of ether oxygens (including phenoxy) is 2. The van der Waals surface area contributed by atoms with Crippen molar-refractivity contribution in [3.05, 3.63) is 102 Å². The smallest absolute Gasteiger partial charge is 0.313 e. The van der Waals surface area contributed by atoms with Gasteiger partial charge in [-0.2, -0.15) is 0 Å². The second-order valence-electron chi connectivity index (χ2n) is 8.62. The van der Waals surface area contributed by atoms with Gasteiger partial charge in [-0.15, -0.1) is 0 Å². The zero-order valence-electron chi connectivity index (χ0n) is 19.1. The first kappa shape index (κ1) is 23.5. The normalized spacial score (nSPS) is 18.9. The van der Waals surface area contributed by atoms with Crippen LogP contribution in [0.25, 0.3) is 0 Å². The minimum absolute atomic E-state index is 0.0957. The van der Waals surface area contributed by atoms with E-state index in [2.05, 4.69) is 24.3 Å². The Morgan fingerprint density at radius 1 is 0.971 bits per heavy atom. The van der Waals surface area contributed by atoms with Crippen molar-refractivity contribution in [2.75, 3.05) is 13.2 Å². The van der Waals surface area contributed by atoms with E-state index < -0.39 is 23.2 Å². The summed E-state index contributed by atoms with van der Waals surface area (Å²) >= 11 is 0. The third-order valence-electron chi connectivity index (χ3n) is 6.45. The quantitative estimate of drug-likeness (QED) is 0.265. The van der Waals surface area contributed by atoms with E-state index in [1.54, 1.807) is 12.4 Å². The molecular weight excluding hydrogens is 430 g/mol. The summed E-state index contributed by atoms with van der Waals surface area (Å²) in [5.41, 5.74) is 3.99. The highest BCUT2D eigenvalue weighted by atomic mass is 16.5. The Morgan fingerprint density at radius 3 is 2.09 bits per heavy atom. The fourth-order valence-electron chi connectivity index (χ4n) is 4.50. The summed E-state index contributed by atoms with van der Waals surface area (Å²) in [5, 5.41) is 8.99. The predicted molar refractivity (Wildman–Crippen MR) is 127 cm³/mol. The second kappa shape index (κ2) is 10.5. The van der Waals surface area contributed by atoms with Gasteiger partial charge in [0, 0.05) is 5.92 Å². The van der Waals surface area contributed by atoms with Gasteiger partial charge in [0.1, 0.15) is 5.75 Å². The van der Waals surface area contributed by atoms with Crippen LogP contribution in [0.4, 0.5) is 0 Å². The molecule has 4 rings (SSSR count). The van der Waals surface area contributed by atoms with Crippen LogP contribution in [0.5, 0.6) is 5.75 Å². The average molecular weight is 460 g/mol. The van der Waals surface area contributed by atoms with Gasteiger partial charge in [-0.1, -0.05) is 72.8 Å². The molecule has 3 aromatic rings. The van der Waals surface area contributed by atoms with Gasteiger partial charge in [0.25, 0.3) is 0 Å². The summed E-state index contributed by atoms with van der Waals surface area (Å²) in [6.45, 7) is 2.46. The molecule has 0 heterocycles. The molecule has 1 amide bonds. The minimum atomic E-state index is -0.934. The molecule has 34 heavy (non-hydrogen) atoms. The molecule has 3 aromatic carbocycles. The summed E-state index contributed by atoms with van der Waals surface area (Å²) in [5.74, 6) is -0.729. The van der Waals surface area contributed by atoms with Gasteiger partial charge >= 0.3 is 5.97 Å². The van der Waals surface area contributed by atoms with Gasteiger partial charge in [-0.05, 0) is 48.6 Å². The summed E-state index contributed by atoms with van der Waals surface area (Å²) < 4.78 is 11.4. The number of carbonyl (C=O) groups excluding carboxylic acids is 2. The Hall–Kier alpha value is -3.64. The molecule has 0 aromatic heterocycles. The lowest BCUT2D eigenvalue weighted by Gasteiger charge is -2.19. The lowest BCUT2D eigenvalue weighted by atomic mass is 9.92. The lowest BCUT2D eigenvalue weighted by Crippen LogP contribution is -2.30. The minimum Gasteiger partial charge on any atom is -0.493 e. The Labute approximate surface area is 199 Å². The highest BCUT2D eigenvalue weighted by Gasteiger charge is 2.64. The number of hydrogen-bond donors (Lipinski definition) is 2. The Bertz CT molecular complexity index is 1060. The summed E-state index contributed by atoms with van der Waals surface area (Å²) in [6.07, 6.45) is 0.715. The standard InChI is InChI=1S/C28H29NO5/c1-2-33-27(31)28(18-25(28)26(30)29-32)17-20-13-15-23(16-14-20)34-19-24(21-9-5-3-6-10-21)22-11-7-4-8-12-22/h3-16,24-25,32H,2,17-19H2,1H3,(H,29,30)/t25?,28-/m0/s1. The van der Waals surface area contributed by atoms with E-state index in [0.717, 1.165) is 11.3 Å². The topological polar surface area (TPSA) is 84.9 Å². The van der Waals surface area contributed by atoms with Crippen molar-refractivity contribution in [2.45, 2.75) is 25.7 Å². The molecule has 1 saturated carbocycles. The summed E-state index contributed by atoms with van der Waals surface area (Å²) in [4.78, 5) is 24.5. The van der Waals surface area contributed by atoms with Gasteiger partial charge in [0.2, 0.25) is 5.91 Å². The van der Waals surface area contributed by atoms with E-state index in [0.29, 0.717) is 19.4 Å². The molecule has 1 fully saturated rings. The van der Waals surface area contributed by atoms with Crippen molar-refractivity contribution >= 4 is 11.9 Å². The number of benzene rings is 3. The van der Waals surface area contributed by atoms with E-state index in [4.69, 9.17) is 14.7 Å². The Balaban J connectivity index is 1.45. The maximum Gasteiger partial charge on any atom is 0.313 e. The molecule has 0 aliphatic heterocycles. The van der Waals surface area contributed by atoms with Gasteiger partial charge < -0.3 is 9.47 Å². The van der Waals surface area contributed by atoms with E-state index in [1.165, 1.54) is 11.1 Å². The van der Waals surface area contributed by atoms with Crippen molar-refractivity contribution in [1.29, 1.82) is 0 Å². The molecule has 2 atom stereocenters. The average Bonchev–Trinajstić information content (AvgIpc) is 3.61. The van der Waals surface area contributed by atoms with Crippen molar-refractivity contribution < 1.29 is 24.3 Å².